The summed E-state index contributed by atoms with van der Waals surface area (Å²) in [7, 11) is 0. The van der Waals surface area contributed by atoms with Crippen LogP contribution in [0.15, 0.2) is 55.0 Å². The Hall–Kier alpha value is -2.46. The van der Waals surface area contributed by atoms with Crippen molar-refractivity contribution in [3.8, 4) is 10.4 Å². The van der Waals surface area contributed by atoms with Gasteiger partial charge < -0.3 is 4.90 Å². The molecule has 7 rings (SSSR count). The molecule has 0 radical (unpaired) electrons. The zero-order chi connectivity index (χ0) is 29.5. The molecule has 42 heavy (non-hydrogen) atoms. The van der Waals surface area contributed by atoms with E-state index in [1.54, 1.807) is 5.56 Å². The number of pyridine rings is 1. The maximum absolute atomic E-state index is 5.02. The zero-order valence-electron chi connectivity index (χ0n) is 26.8. The highest BCUT2D eigenvalue weighted by Crippen LogP contribution is 2.58. The number of benzene rings is 1. The smallest absolute Gasteiger partial charge is 0.133 e. The fourth-order valence-corrected chi connectivity index (χ4v) is 9.12. The Morgan fingerprint density at radius 2 is 1.69 bits per heavy atom. The van der Waals surface area contributed by atoms with Crippen LogP contribution in [0.5, 0.6) is 0 Å². The van der Waals surface area contributed by atoms with E-state index in [0.717, 1.165) is 18.8 Å². The summed E-state index contributed by atoms with van der Waals surface area (Å²) < 4.78 is 0. The van der Waals surface area contributed by atoms with Crippen LogP contribution in [-0.4, -0.2) is 16.5 Å². The van der Waals surface area contributed by atoms with Crippen molar-refractivity contribution >= 4 is 17.2 Å². The molecule has 0 spiro atoms. The predicted molar refractivity (Wildman–Crippen MR) is 179 cm³/mol. The number of aromatic nitrogens is 2. The summed E-state index contributed by atoms with van der Waals surface area (Å²) in [5, 5.41) is 1.19. The summed E-state index contributed by atoms with van der Waals surface area (Å²) in [6.45, 7) is 17.2. The van der Waals surface area contributed by atoms with Crippen LogP contribution >= 0.6 is 11.3 Å². The summed E-state index contributed by atoms with van der Waals surface area (Å²) in [4.78, 5) is 13.6. The van der Waals surface area contributed by atoms with Crippen molar-refractivity contribution in [2.45, 2.75) is 122 Å². The number of allylic oxidation sites excluding steroid dienone is 1. The molecule has 3 aromatic rings. The molecule has 2 bridgehead atoms. The second kappa shape index (κ2) is 11.6. The third-order valence-corrected chi connectivity index (χ3v) is 12.6. The van der Waals surface area contributed by atoms with Crippen LogP contribution in [0.3, 0.4) is 0 Å². The first-order chi connectivity index (χ1) is 20.1. The van der Waals surface area contributed by atoms with Crippen molar-refractivity contribution in [2.75, 3.05) is 11.4 Å². The molecule has 0 N–H and O–H groups in total. The fraction of sp³-hybridized carbons (Fsp3) is 0.579. The van der Waals surface area contributed by atoms with Gasteiger partial charge in [0.2, 0.25) is 0 Å². The maximum atomic E-state index is 5.02. The van der Waals surface area contributed by atoms with Gasteiger partial charge in [-0.15, -0.1) is 11.3 Å². The highest BCUT2D eigenvalue weighted by molar-refractivity contribution is 7.15. The van der Waals surface area contributed by atoms with Crippen molar-refractivity contribution in [3.63, 3.8) is 0 Å². The minimum absolute atomic E-state index is 0.0627. The molecule has 4 heteroatoms. The Bertz CT molecular complexity index is 1400. The molecule has 4 aliphatic carbocycles. The van der Waals surface area contributed by atoms with Crippen molar-refractivity contribution in [2.24, 2.45) is 11.3 Å². The van der Waals surface area contributed by atoms with Crippen LogP contribution in [-0.2, 0) is 17.3 Å². The molecule has 1 aromatic carbocycles. The number of thiazole rings is 1. The second-order valence-corrected chi connectivity index (χ2v) is 15.9. The lowest BCUT2D eigenvalue weighted by molar-refractivity contribution is 0.0459. The molecule has 4 saturated carbocycles. The average molecular weight is 582 g/mol. The molecule has 0 amide bonds. The highest BCUT2D eigenvalue weighted by atomic mass is 32.1. The van der Waals surface area contributed by atoms with E-state index in [1.807, 2.05) is 17.5 Å². The molecule has 0 aliphatic heterocycles. The zero-order valence-corrected chi connectivity index (χ0v) is 27.6. The third-order valence-electron chi connectivity index (χ3n) is 11.1. The van der Waals surface area contributed by atoms with Gasteiger partial charge >= 0.3 is 0 Å². The monoisotopic (exact) mass is 581 g/mol. The normalized spacial score (nSPS) is 24.6. The Labute approximate surface area is 258 Å². The lowest BCUT2D eigenvalue weighted by Crippen LogP contribution is -2.49. The first-order valence-electron chi connectivity index (χ1n) is 16.6. The maximum Gasteiger partial charge on any atom is 0.133 e. The van der Waals surface area contributed by atoms with E-state index in [4.69, 9.17) is 16.5 Å². The predicted octanol–water partition coefficient (Wildman–Crippen LogP) is 10.6. The van der Waals surface area contributed by atoms with Gasteiger partial charge in [-0.05, 0) is 116 Å². The molecule has 0 unspecified atom stereocenters. The lowest BCUT2D eigenvalue weighted by atomic mass is 9.51. The molecule has 4 fully saturated rings. The van der Waals surface area contributed by atoms with E-state index in [2.05, 4.69) is 76.0 Å². The van der Waals surface area contributed by atoms with Gasteiger partial charge in [0.05, 0.1) is 9.88 Å². The molecule has 224 valence electrons. The molecule has 0 atom stereocenters. The molecule has 3 nitrogen and oxygen atoms in total. The average Bonchev–Trinajstić information content (AvgIpc) is 3.53. The summed E-state index contributed by atoms with van der Waals surface area (Å²) in [5.74, 6) is 1.65. The van der Waals surface area contributed by atoms with Crippen molar-refractivity contribution < 1.29 is 0 Å². The van der Waals surface area contributed by atoms with Gasteiger partial charge in [-0.2, -0.15) is 0 Å². The Morgan fingerprint density at radius 1 is 0.976 bits per heavy atom. The molecule has 2 aromatic heterocycles. The summed E-state index contributed by atoms with van der Waals surface area (Å²) in [5.41, 5.74) is 7.89. The second-order valence-electron chi connectivity index (χ2n) is 14.9. The van der Waals surface area contributed by atoms with Crippen LogP contribution in [0.25, 0.3) is 10.4 Å². The largest absolute Gasteiger partial charge is 0.330 e. The van der Waals surface area contributed by atoms with Gasteiger partial charge in [-0.3, -0.25) is 0 Å². The molecular weight excluding hydrogens is 531 g/mol. The minimum atomic E-state index is 0.0627. The van der Waals surface area contributed by atoms with Crippen LogP contribution in [0.4, 0.5) is 5.82 Å². The number of hydrogen-bond donors (Lipinski definition) is 0. The number of nitrogens with zero attached hydrogens (tertiary/aromatic N) is 3. The standard InChI is InChI=1S/C38H51N3S/c1-7-29-13-14-32(23-27(29)2)38-19-16-37(17-20-38,18-21-38)26-41(28(3)30-11-9-8-10-12-30)34-24-31(15-22-39-34)33-25-40-35(42-33)36(4,5)6/h13-15,22-25,30H,3,7-12,16-21,26H2,1-2,4-6H3. The van der Waals surface area contributed by atoms with Gasteiger partial charge in [0.1, 0.15) is 5.82 Å². The van der Waals surface area contributed by atoms with Crippen LogP contribution in [0.1, 0.15) is 120 Å². The summed E-state index contributed by atoms with van der Waals surface area (Å²) >= 11 is 1.82. The molecule has 4 aliphatic rings. The Balaban J connectivity index is 1.27. The van der Waals surface area contributed by atoms with Crippen molar-refractivity contribution in [1.29, 1.82) is 0 Å². The number of anilines is 1. The van der Waals surface area contributed by atoms with Crippen molar-refractivity contribution in [3.05, 3.63) is 76.7 Å². The minimum Gasteiger partial charge on any atom is -0.330 e. The van der Waals surface area contributed by atoms with Crippen molar-refractivity contribution in [1.82, 2.24) is 9.97 Å². The SMILES string of the molecule is C=C(C1CCCCC1)N(CC12CCC(c3ccc(CC)c(C)c3)(CC1)CC2)c1cc(-c2cnc(C(C)(C)C)s2)ccn1. The molecule has 0 saturated heterocycles. The van der Waals surface area contributed by atoms with E-state index in [-0.39, 0.29) is 5.41 Å². The van der Waals surface area contributed by atoms with Gasteiger partial charge in [0.15, 0.2) is 0 Å². The topological polar surface area (TPSA) is 29.0 Å². The third kappa shape index (κ3) is 5.73. The van der Waals surface area contributed by atoms with E-state index in [1.165, 1.54) is 103 Å². The number of aryl methyl sites for hydroxylation is 2. The summed E-state index contributed by atoms with van der Waals surface area (Å²) in [6, 6.07) is 11.9. The fourth-order valence-electron chi connectivity index (χ4n) is 8.15. The quantitative estimate of drug-likeness (QED) is 0.265. The Kier molecular flexibility index (Phi) is 8.15. The molecular formula is C38H51N3S. The van der Waals surface area contributed by atoms with E-state index in [9.17, 15) is 0 Å². The highest BCUT2D eigenvalue weighted by Gasteiger charge is 2.50. The van der Waals surface area contributed by atoms with Crippen LogP contribution in [0, 0.1) is 18.3 Å². The van der Waals surface area contributed by atoms with Gasteiger partial charge in [-0.25, -0.2) is 9.97 Å². The first kappa shape index (κ1) is 29.6. The van der Waals surface area contributed by atoms with E-state index in [0.29, 0.717) is 16.7 Å². The summed E-state index contributed by atoms with van der Waals surface area (Å²) in [6.07, 6.45) is 19.6. The van der Waals surface area contributed by atoms with Crippen LogP contribution in [0.2, 0.25) is 0 Å². The van der Waals surface area contributed by atoms with Gasteiger partial charge in [0.25, 0.3) is 0 Å². The van der Waals surface area contributed by atoms with E-state index < -0.39 is 0 Å². The lowest BCUT2D eigenvalue weighted by Gasteiger charge is -2.55. The number of rotatable bonds is 8. The van der Waals surface area contributed by atoms with Crippen LogP contribution < -0.4 is 4.90 Å². The Morgan fingerprint density at radius 3 is 2.31 bits per heavy atom. The number of fused-ring (bicyclic) bond motifs is 3. The number of hydrogen-bond acceptors (Lipinski definition) is 4. The molecule has 2 heterocycles. The van der Waals surface area contributed by atoms with Gasteiger partial charge in [0, 0.05) is 30.1 Å². The van der Waals surface area contributed by atoms with Gasteiger partial charge in [-0.1, -0.05) is 71.7 Å². The van der Waals surface area contributed by atoms with E-state index >= 15 is 0 Å². The first-order valence-corrected chi connectivity index (χ1v) is 17.4.